The first-order chi connectivity index (χ1) is 13.0. The van der Waals surface area contributed by atoms with E-state index >= 15 is 0 Å². The van der Waals surface area contributed by atoms with Crippen LogP contribution in [0, 0.1) is 5.92 Å². The standard InChI is InChI=1S/C21H21ClN2O3/c1-14-8-10-23(11-9-14)19-18(15-4-6-16(22)7-5-15)20(25)24(21(19)26)13-17-3-2-12-27-17/h2-7,12,14H,8-11,13H2,1H3. The van der Waals surface area contributed by atoms with Crippen LogP contribution in [0.2, 0.25) is 5.02 Å². The second kappa shape index (κ2) is 7.24. The summed E-state index contributed by atoms with van der Waals surface area (Å²) >= 11 is 6.01. The Labute approximate surface area is 163 Å². The summed E-state index contributed by atoms with van der Waals surface area (Å²) in [4.78, 5) is 29.7. The molecule has 0 aliphatic carbocycles. The Morgan fingerprint density at radius 1 is 1.07 bits per heavy atom. The van der Waals surface area contributed by atoms with E-state index in [1.165, 1.54) is 4.90 Å². The zero-order valence-corrected chi connectivity index (χ0v) is 15.9. The summed E-state index contributed by atoms with van der Waals surface area (Å²) in [6.45, 7) is 3.91. The van der Waals surface area contributed by atoms with Gasteiger partial charge in [-0.2, -0.15) is 0 Å². The molecule has 1 fully saturated rings. The average Bonchev–Trinajstić information content (AvgIpc) is 3.26. The molecule has 0 bridgehead atoms. The lowest BCUT2D eigenvalue weighted by Gasteiger charge is -2.32. The minimum absolute atomic E-state index is 0.134. The van der Waals surface area contributed by atoms with Crippen molar-refractivity contribution in [2.24, 2.45) is 5.92 Å². The average molecular weight is 385 g/mol. The highest BCUT2D eigenvalue weighted by Crippen LogP contribution is 2.35. The van der Waals surface area contributed by atoms with Crippen LogP contribution in [0.5, 0.6) is 0 Å². The Morgan fingerprint density at radius 3 is 2.41 bits per heavy atom. The molecule has 2 aromatic rings. The van der Waals surface area contributed by atoms with Crippen molar-refractivity contribution < 1.29 is 14.0 Å². The molecule has 5 nitrogen and oxygen atoms in total. The Kier molecular flexibility index (Phi) is 4.79. The quantitative estimate of drug-likeness (QED) is 0.749. The number of carbonyl (C=O) groups excluding carboxylic acids is 2. The number of hydrogen-bond acceptors (Lipinski definition) is 4. The maximum Gasteiger partial charge on any atom is 0.278 e. The smallest absolute Gasteiger partial charge is 0.278 e. The Hall–Kier alpha value is -2.53. The number of nitrogens with zero attached hydrogens (tertiary/aromatic N) is 2. The summed E-state index contributed by atoms with van der Waals surface area (Å²) in [6, 6.07) is 10.6. The molecule has 2 aliphatic rings. The van der Waals surface area contributed by atoms with Gasteiger partial charge in [-0.25, -0.2) is 0 Å². The van der Waals surface area contributed by atoms with Gasteiger partial charge in [-0.3, -0.25) is 14.5 Å². The molecule has 6 heteroatoms. The number of rotatable bonds is 4. The Morgan fingerprint density at radius 2 is 1.78 bits per heavy atom. The number of piperidine rings is 1. The molecule has 0 spiro atoms. The molecule has 0 unspecified atom stereocenters. The molecule has 1 aromatic carbocycles. The van der Waals surface area contributed by atoms with Gasteiger partial charge in [0, 0.05) is 18.1 Å². The third kappa shape index (κ3) is 3.39. The predicted octanol–water partition coefficient (Wildman–Crippen LogP) is 3.95. The molecule has 4 rings (SSSR count). The summed E-state index contributed by atoms with van der Waals surface area (Å²) in [7, 11) is 0. The molecule has 0 saturated carbocycles. The summed E-state index contributed by atoms with van der Waals surface area (Å²) in [5, 5.41) is 0.594. The monoisotopic (exact) mass is 384 g/mol. The van der Waals surface area contributed by atoms with Gasteiger partial charge in [0.15, 0.2) is 0 Å². The number of imide groups is 1. The largest absolute Gasteiger partial charge is 0.467 e. The summed E-state index contributed by atoms with van der Waals surface area (Å²) < 4.78 is 5.35. The highest BCUT2D eigenvalue weighted by Gasteiger charge is 2.42. The summed E-state index contributed by atoms with van der Waals surface area (Å²) in [5.41, 5.74) is 1.67. The van der Waals surface area contributed by atoms with Crippen LogP contribution in [-0.2, 0) is 16.1 Å². The molecular formula is C21H21ClN2O3. The lowest BCUT2D eigenvalue weighted by molar-refractivity contribution is -0.138. The SMILES string of the molecule is CC1CCN(C2=C(c3ccc(Cl)cc3)C(=O)N(Cc3ccco3)C2=O)CC1. The van der Waals surface area contributed by atoms with Crippen molar-refractivity contribution in [1.29, 1.82) is 0 Å². The van der Waals surface area contributed by atoms with Crippen LogP contribution in [-0.4, -0.2) is 34.7 Å². The van der Waals surface area contributed by atoms with Crippen molar-refractivity contribution >= 4 is 29.0 Å². The van der Waals surface area contributed by atoms with E-state index in [4.69, 9.17) is 16.0 Å². The highest BCUT2D eigenvalue weighted by atomic mass is 35.5. The van der Waals surface area contributed by atoms with Crippen LogP contribution in [0.15, 0.2) is 52.8 Å². The Bertz CT molecular complexity index is 879. The molecule has 2 aliphatic heterocycles. The topological polar surface area (TPSA) is 53.8 Å². The second-order valence-corrected chi connectivity index (χ2v) is 7.61. The van der Waals surface area contributed by atoms with Gasteiger partial charge in [-0.05, 0) is 48.6 Å². The molecular weight excluding hydrogens is 364 g/mol. The van der Waals surface area contributed by atoms with E-state index in [1.54, 1.807) is 42.7 Å². The van der Waals surface area contributed by atoms with Crippen LogP contribution in [0.1, 0.15) is 31.1 Å². The van der Waals surface area contributed by atoms with Gasteiger partial charge in [-0.15, -0.1) is 0 Å². The molecule has 27 heavy (non-hydrogen) atoms. The lowest BCUT2D eigenvalue weighted by Crippen LogP contribution is -2.38. The lowest BCUT2D eigenvalue weighted by atomic mass is 9.97. The van der Waals surface area contributed by atoms with Crippen molar-refractivity contribution in [3.05, 3.63) is 64.7 Å². The molecule has 3 heterocycles. The highest BCUT2D eigenvalue weighted by molar-refractivity contribution is 6.35. The van der Waals surface area contributed by atoms with E-state index in [9.17, 15) is 9.59 Å². The molecule has 2 amide bonds. The number of amides is 2. The number of likely N-dealkylation sites (tertiary alicyclic amines) is 1. The fourth-order valence-electron chi connectivity index (χ4n) is 3.67. The zero-order valence-electron chi connectivity index (χ0n) is 15.2. The predicted molar refractivity (Wildman–Crippen MR) is 103 cm³/mol. The van der Waals surface area contributed by atoms with Crippen molar-refractivity contribution in [2.75, 3.05) is 13.1 Å². The van der Waals surface area contributed by atoms with Gasteiger partial charge in [0.05, 0.1) is 18.4 Å². The zero-order chi connectivity index (χ0) is 19.0. The van der Waals surface area contributed by atoms with Gasteiger partial charge in [0.1, 0.15) is 11.5 Å². The molecule has 0 radical (unpaired) electrons. The minimum Gasteiger partial charge on any atom is -0.467 e. The molecule has 140 valence electrons. The number of benzene rings is 1. The summed E-state index contributed by atoms with van der Waals surface area (Å²) in [5.74, 6) is 0.677. The van der Waals surface area contributed by atoms with Gasteiger partial charge < -0.3 is 9.32 Å². The Balaban J connectivity index is 1.73. The van der Waals surface area contributed by atoms with Crippen molar-refractivity contribution in [2.45, 2.75) is 26.3 Å². The van der Waals surface area contributed by atoms with E-state index in [1.807, 2.05) is 0 Å². The third-order valence-electron chi connectivity index (χ3n) is 5.27. The van der Waals surface area contributed by atoms with Crippen LogP contribution in [0.4, 0.5) is 0 Å². The van der Waals surface area contributed by atoms with E-state index in [0.29, 0.717) is 33.5 Å². The molecule has 0 atom stereocenters. The van der Waals surface area contributed by atoms with E-state index in [-0.39, 0.29) is 18.4 Å². The van der Waals surface area contributed by atoms with E-state index in [0.717, 1.165) is 25.9 Å². The van der Waals surface area contributed by atoms with Crippen molar-refractivity contribution in [3.8, 4) is 0 Å². The second-order valence-electron chi connectivity index (χ2n) is 7.18. The van der Waals surface area contributed by atoms with Crippen LogP contribution >= 0.6 is 11.6 Å². The van der Waals surface area contributed by atoms with E-state index in [2.05, 4.69) is 11.8 Å². The fourth-order valence-corrected chi connectivity index (χ4v) is 3.79. The van der Waals surface area contributed by atoms with Crippen molar-refractivity contribution in [3.63, 3.8) is 0 Å². The first-order valence-electron chi connectivity index (χ1n) is 9.18. The van der Waals surface area contributed by atoms with Crippen molar-refractivity contribution in [1.82, 2.24) is 9.80 Å². The normalized spacial score (nSPS) is 18.7. The minimum atomic E-state index is -0.285. The van der Waals surface area contributed by atoms with E-state index < -0.39 is 0 Å². The maximum absolute atomic E-state index is 13.2. The molecule has 1 saturated heterocycles. The third-order valence-corrected chi connectivity index (χ3v) is 5.52. The van der Waals surface area contributed by atoms with Gasteiger partial charge >= 0.3 is 0 Å². The van der Waals surface area contributed by atoms with Crippen LogP contribution < -0.4 is 0 Å². The first kappa shape index (κ1) is 17.9. The van der Waals surface area contributed by atoms with Gasteiger partial charge in [0.2, 0.25) is 0 Å². The number of hydrogen-bond donors (Lipinski definition) is 0. The fraction of sp³-hybridized carbons (Fsp3) is 0.333. The van der Waals surface area contributed by atoms with Crippen LogP contribution in [0.3, 0.4) is 0 Å². The van der Waals surface area contributed by atoms with Gasteiger partial charge in [0.25, 0.3) is 11.8 Å². The molecule has 1 aromatic heterocycles. The number of furan rings is 1. The first-order valence-corrected chi connectivity index (χ1v) is 9.56. The van der Waals surface area contributed by atoms with Crippen LogP contribution in [0.25, 0.3) is 5.57 Å². The maximum atomic E-state index is 13.2. The molecule has 0 N–H and O–H groups in total. The van der Waals surface area contributed by atoms with Gasteiger partial charge in [-0.1, -0.05) is 30.7 Å². The number of halogens is 1. The number of carbonyl (C=O) groups is 2. The summed E-state index contributed by atoms with van der Waals surface area (Å²) in [6.07, 6.45) is 3.56.